The largest absolute Gasteiger partial charge is 0.351 e. The fourth-order valence-corrected chi connectivity index (χ4v) is 12.1. The van der Waals surface area contributed by atoms with E-state index < -0.39 is 0 Å². The SMILES string of the molecule is [C-]#[N+]C(C#N)=NC1=Cc2sc3c(sc4c5c(sc43)C=C(N=C(C#N)[N+]#[C-])C53CCCCC3)c2C12CCCCC2. The molecule has 0 amide bonds. The third-order valence-corrected chi connectivity index (χ3v) is 12.9. The van der Waals surface area contributed by atoms with Crippen LogP contribution in [-0.2, 0) is 10.8 Å². The Hall–Kier alpha value is -3.60. The van der Waals surface area contributed by atoms with E-state index in [4.69, 9.17) is 13.1 Å². The Morgan fingerprint density at radius 3 is 1.44 bits per heavy atom. The minimum absolute atomic E-state index is 0.0860. The molecule has 2 spiro atoms. The van der Waals surface area contributed by atoms with Crippen molar-refractivity contribution in [1.82, 2.24) is 0 Å². The smallest absolute Gasteiger partial charge is 0.349 e. The van der Waals surface area contributed by atoms with Gasteiger partial charge in [-0.15, -0.1) is 44.0 Å². The molecule has 2 saturated carbocycles. The molecule has 3 heterocycles. The second-order valence-corrected chi connectivity index (χ2v) is 13.9. The van der Waals surface area contributed by atoms with E-state index in [2.05, 4.69) is 31.8 Å². The molecule has 3 aromatic rings. The van der Waals surface area contributed by atoms with Crippen LogP contribution in [0, 0.1) is 35.8 Å². The first-order valence-corrected chi connectivity index (χ1v) is 15.7. The number of hydrogen-bond donors (Lipinski definition) is 0. The van der Waals surface area contributed by atoms with E-state index in [0.29, 0.717) is 0 Å². The molecule has 0 radical (unpaired) electrons. The Kier molecular flexibility index (Phi) is 5.62. The van der Waals surface area contributed by atoms with Crippen molar-refractivity contribution in [2.24, 2.45) is 9.98 Å². The first-order valence-electron chi connectivity index (χ1n) is 13.3. The summed E-state index contributed by atoms with van der Waals surface area (Å²) in [7, 11) is 0. The van der Waals surface area contributed by atoms with E-state index in [1.165, 1.54) is 52.5 Å². The minimum Gasteiger partial charge on any atom is -0.351 e. The van der Waals surface area contributed by atoms with Crippen molar-refractivity contribution in [3.8, 4) is 12.1 Å². The third-order valence-electron chi connectivity index (χ3n) is 8.95. The fraction of sp³-hybridized carbons (Fsp3) is 0.400. The lowest BCUT2D eigenvalue weighted by molar-refractivity contribution is 0.346. The highest BCUT2D eigenvalue weighted by Crippen LogP contribution is 2.63. The summed E-state index contributed by atoms with van der Waals surface area (Å²) in [5.41, 5.74) is 4.08. The van der Waals surface area contributed by atoms with E-state index in [1.807, 2.05) is 46.1 Å². The molecule has 9 heteroatoms. The summed E-state index contributed by atoms with van der Waals surface area (Å²) >= 11 is 5.55. The molecular formula is C30H22N6S3. The molecule has 4 aliphatic carbocycles. The molecule has 0 saturated heterocycles. The van der Waals surface area contributed by atoms with Crippen molar-refractivity contribution < 1.29 is 0 Å². The number of rotatable bonds is 2. The number of nitrogens with zero attached hydrogens (tertiary/aromatic N) is 6. The van der Waals surface area contributed by atoms with Gasteiger partial charge in [-0.3, -0.25) is 0 Å². The van der Waals surface area contributed by atoms with Gasteiger partial charge < -0.3 is 9.69 Å². The topological polar surface area (TPSA) is 81.0 Å². The molecule has 190 valence electrons. The van der Waals surface area contributed by atoms with E-state index in [1.54, 1.807) is 0 Å². The molecule has 3 aromatic heterocycles. The van der Waals surface area contributed by atoms with Crippen molar-refractivity contribution in [3.05, 3.63) is 55.1 Å². The van der Waals surface area contributed by atoms with Gasteiger partial charge in [0.2, 0.25) is 0 Å². The summed E-state index contributed by atoms with van der Waals surface area (Å²) in [6.45, 7) is 14.8. The Morgan fingerprint density at radius 1 is 0.667 bits per heavy atom. The van der Waals surface area contributed by atoms with Gasteiger partial charge in [0.25, 0.3) is 0 Å². The Balaban J connectivity index is 1.44. The first kappa shape index (κ1) is 24.4. The zero-order valence-electron chi connectivity index (χ0n) is 21.1. The van der Waals surface area contributed by atoms with Gasteiger partial charge in [-0.1, -0.05) is 51.7 Å². The number of nitriles is 2. The van der Waals surface area contributed by atoms with Gasteiger partial charge in [0.05, 0.1) is 29.6 Å². The Labute approximate surface area is 238 Å². The van der Waals surface area contributed by atoms with Gasteiger partial charge in [0.15, 0.2) is 0 Å². The molecule has 2 fully saturated rings. The van der Waals surface area contributed by atoms with Gasteiger partial charge in [0, 0.05) is 33.0 Å². The maximum atomic E-state index is 9.43. The molecule has 39 heavy (non-hydrogen) atoms. The van der Waals surface area contributed by atoms with Crippen LogP contribution in [0.5, 0.6) is 0 Å². The maximum absolute atomic E-state index is 9.43. The summed E-state index contributed by atoms with van der Waals surface area (Å²) in [6, 6.07) is 3.94. The first-order chi connectivity index (χ1) is 19.1. The van der Waals surface area contributed by atoms with Crippen LogP contribution in [0.4, 0.5) is 0 Å². The lowest BCUT2D eigenvalue weighted by Crippen LogP contribution is -2.29. The zero-order valence-corrected chi connectivity index (χ0v) is 23.6. The van der Waals surface area contributed by atoms with Gasteiger partial charge >= 0.3 is 11.7 Å². The predicted molar refractivity (Wildman–Crippen MR) is 160 cm³/mol. The van der Waals surface area contributed by atoms with Crippen molar-refractivity contribution in [3.63, 3.8) is 0 Å². The standard InChI is InChI=1S/C30H22N6S3/c1-33-21(15-31)35-19-13-17-23(29(19)9-5-3-6-10-29)25-27(37-17)28-26(39-25)24-18(38-28)14-20(36-22(16-32)34-2)30(24)11-7-4-8-12-30/h13-14H,3-12H2. The van der Waals surface area contributed by atoms with Crippen molar-refractivity contribution in [2.45, 2.75) is 75.0 Å². The number of allylic oxidation sites excluding steroid dienone is 2. The van der Waals surface area contributed by atoms with Crippen LogP contribution in [0.15, 0.2) is 21.4 Å². The Bertz CT molecular complexity index is 1700. The van der Waals surface area contributed by atoms with Crippen molar-refractivity contribution in [1.29, 1.82) is 10.5 Å². The van der Waals surface area contributed by atoms with Crippen LogP contribution < -0.4 is 0 Å². The lowest BCUT2D eigenvalue weighted by Gasteiger charge is -2.33. The van der Waals surface area contributed by atoms with Crippen LogP contribution in [0.25, 0.3) is 40.6 Å². The summed E-state index contributed by atoms with van der Waals surface area (Å²) < 4.78 is 5.37. The Morgan fingerprint density at radius 2 is 1.08 bits per heavy atom. The molecular weight excluding hydrogens is 541 g/mol. The second-order valence-electron chi connectivity index (χ2n) is 10.8. The van der Waals surface area contributed by atoms with Crippen molar-refractivity contribution >= 4 is 76.6 Å². The van der Waals surface area contributed by atoms with Crippen molar-refractivity contribution in [2.75, 3.05) is 0 Å². The highest BCUT2D eigenvalue weighted by atomic mass is 32.1. The average Bonchev–Trinajstić information content (AvgIpc) is 3.72. The number of amidine groups is 2. The molecule has 0 N–H and O–H groups in total. The van der Waals surface area contributed by atoms with E-state index in [9.17, 15) is 10.5 Å². The number of fused-ring (bicyclic) bond motifs is 9. The van der Waals surface area contributed by atoms with E-state index in [0.717, 1.165) is 62.8 Å². The minimum atomic E-state index is -0.220. The second kappa shape index (κ2) is 8.97. The van der Waals surface area contributed by atoms with Gasteiger partial charge in [0.1, 0.15) is 23.5 Å². The summed E-state index contributed by atoms with van der Waals surface area (Å²) in [6.07, 6.45) is 15.2. The monoisotopic (exact) mass is 562 g/mol. The normalized spacial score (nSPS) is 21.2. The lowest BCUT2D eigenvalue weighted by atomic mass is 9.69. The van der Waals surface area contributed by atoms with Crippen LogP contribution in [-0.4, -0.2) is 11.7 Å². The highest BCUT2D eigenvalue weighted by Gasteiger charge is 2.51. The quantitative estimate of drug-likeness (QED) is 0.177. The molecule has 0 bridgehead atoms. The number of thiophene rings is 3. The molecule has 0 aromatic carbocycles. The zero-order chi connectivity index (χ0) is 26.8. The van der Waals surface area contributed by atoms with E-state index in [-0.39, 0.29) is 22.5 Å². The number of aliphatic imine (C=N–C) groups is 2. The van der Waals surface area contributed by atoms with Gasteiger partial charge in [-0.2, -0.15) is 0 Å². The average molecular weight is 563 g/mol. The molecule has 0 aliphatic heterocycles. The summed E-state index contributed by atoms with van der Waals surface area (Å²) in [4.78, 5) is 18.4. The van der Waals surface area contributed by atoms with Gasteiger partial charge in [-0.05, 0) is 25.7 Å². The maximum Gasteiger partial charge on any atom is 0.349 e. The third kappa shape index (κ3) is 3.31. The summed E-state index contributed by atoms with van der Waals surface area (Å²) in [5, 5.41) is 18.9. The van der Waals surface area contributed by atoms with Crippen LogP contribution in [0.2, 0.25) is 0 Å². The molecule has 0 unspecified atom stereocenters. The molecule has 7 rings (SSSR count). The predicted octanol–water partition coefficient (Wildman–Crippen LogP) is 8.97. The summed E-state index contributed by atoms with van der Waals surface area (Å²) in [5.74, 6) is -0.172. The molecule has 0 atom stereocenters. The van der Waals surface area contributed by atoms with Crippen LogP contribution in [0.3, 0.4) is 0 Å². The molecule has 6 nitrogen and oxygen atoms in total. The fourth-order valence-electron chi connectivity index (χ4n) is 7.33. The van der Waals surface area contributed by atoms with Gasteiger partial charge in [-0.25, -0.2) is 10.5 Å². The van der Waals surface area contributed by atoms with Crippen LogP contribution in [0.1, 0.15) is 85.1 Å². The molecule has 4 aliphatic rings. The highest BCUT2D eigenvalue weighted by molar-refractivity contribution is 7.39. The van der Waals surface area contributed by atoms with E-state index >= 15 is 0 Å². The number of hydrogen-bond acceptors (Lipinski definition) is 7. The van der Waals surface area contributed by atoms with Crippen LogP contribution >= 0.6 is 34.0 Å².